The lowest BCUT2D eigenvalue weighted by molar-refractivity contribution is -0.151. The van der Waals surface area contributed by atoms with Crippen LogP contribution in [-0.4, -0.2) is 22.3 Å². The van der Waals surface area contributed by atoms with Gasteiger partial charge in [-0.3, -0.25) is 4.79 Å². The highest BCUT2D eigenvalue weighted by atomic mass is 16.6. The van der Waals surface area contributed by atoms with Crippen LogP contribution in [0, 0.1) is 16.7 Å². The monoisotopic (exact) mass is 211 g/mol. The molecule has 2 atom stereocenters. The number of carbonyl (C=O) groups is 1. The number of nitrogens with zero attached hydrogens (tertiary/aromatic N) is 1. The molecule has 4 heteroatoms. The molecule has 2 unspecified atom stereocenters. The van der Waals surface area contributed by atoms with Crippen LogP contribution >= 0.6 is 0 Å². The quantitative estimate of drug-likeness (QED) is 0.700. The van der Waals surface area contributed by atoms with Gasteiger partial charge in [0, 0.05) is 0 Å². The van der Waals surface area contributed by atoms with E-state index in [1.807, 2.05) is 13.0 Å². The SMILES string of the molecule is CCCC1(C#N)C(=O)OC(C)(C)C1(C)O. The summed E-state index contributed by atoms with van der Waals surface area (Å²) < 4.78 is 5.11. The number of aliphatic hydroxyl groups is 1. The topological polar surface area (TPSA) is 70.3 Å². The number of hydrogen-bond acceptors (Lipinski definition) is 4. The Morgan fingerprint density at radius 2 is 2.00 bits per heavy atom. The fourth-order valence-electron chi connectivity index (χ4n) is 2.06. The first-order valence-corrected chi connectivity index (χ1v) is 5.12. The Kier molecular flexibility index (Phi) is 2.56. The van der Waals surface area contributed by atoms with Gasteiger partial charge in [-0.05, 0) is 27.2 Å². The zero-order chi connectivity index (χ0) is 11.9. The van der Waals surface area contributed by atoms with E-state index >= 15 is 0 Å². The summed E-state index contributed by atoms with van der Waals surface area (Å²) in [7, 11) is 0. The van der Waals surface area contributed by atoms with E-state index in [4.69, 9.17) is 4.74 Å². The van der Waals surface area contributed by atoms with Crippen LogP contribution in [0.25, 0.3) is 0 Å². The number of ether oxygens (including phenoxy) is 1. The van der Waals surface area contributed by atoms with Crippen molar-refractivity contribution in [1.82, 2.24) is 0 Å². The van der Waals surface area contributed by atoms with Crippen molar-refractivity contribution in [3.63, 3.8) is 0 Å². The minimum Gasteiger partial charge on any atom is -0.455 e. The Morgan fingerprint density at radius 3 is 2.27 bits per heavy atom. The van der Waals surface area contributed by atoms with Crippen LogP contribution < -0.4 is 0 Å². The predicted molar refractivity (Wildman–Crippen MR) is 53.7 cm³/mol. The van der Waals surface area contributed by atoms with Crippen LogP contribution in [0.5, 0.6) is 0 Å². The van der Waals surface area contributed by atoms with Crippen LogP contribution in [0.2, 0.25) is 0 Å². The molecule has 0 radical (unpaired) electrons. The van der Waals surface area contributed by atoms with Crippen LogP contribution in [0.1, 0.15) is 40.5 Å². The Hall–Kier alpha value is -1.08. The molecule has 0 amide bonds. The molecule has 0 aromatic carbocycles. The second-order valence-electron chi connectivity index (χ2n) is 4.74. The normalized spacial score (nSPS) is 38.5. The lowest BCUT2D eigenvalue weighted by atomic mass is 9.66. The zero-order valence-electron chi connectivity index (χ0n) is 9.63. The van der Waals surface area contributed by atoms with Gasteiger partial charge in [-0.2, -0.15) is 5.26 Å². The molecule has 0 aromatic heterocycles. The van der Waals surface area contributed by atoms with E-state index in [1.54, 1.807) is 13.8 Å². The van der Waals surface area contributed by atoms with E-state index in [0.29, 0.717) is 12.8 Å². The Labute approximate surface area is 89.8 Å². The first kappa shape index (κ1) is 12.0. The molecule has 0 spiro atoms. The summed E-state index contributed by atoms with van der Waals surface area (Å²) in [4.78, 5) is 11.7. The molecule has 0 saturated carbocycles. The third-order valence-corrected chi connectivity index (χ3v) is 3.52. The fourth-order valence-corrected chi connectivity index (χ4v) is 2.06. The van der Waals surface area contributed by atoms with E-state index in [2.05, 4.69) is 0 Å². The van der Waals surface area contributed by atoms with Crippen molar-refractivity contribution in [1.29, 1.82) is 5.26 Å². The number of rotatable bonds is 2. The summed E-state index contributed by atoms with van der Waals surface area (Å²) >= 11 is 0. The van der Waals surface area contributed by atoms with Crippen molar-refractivity contribution < 1.29 is 14.6 Å². The van der Waals surface area contributed by atoms with E-state index in [-0.39, 0.29) is 0 Å². The lowest BCUT2D eigenvalue weighted by Crippen LogP contribution is -2.54. The second-order valence-corrected chi connectivity index (χ2v) is 4.74. The van der Waals surface area contributed by atoms with Crippen molar-refractivity contribution in [2.45, 2.75) is 51.7 Å². The molecule has 0 bridgehead atoms. The number of carbonyl (C=O) groups excluding carboxylic acids is 1. The van der Waals surface area contributed by atoms with Crippen LogP contribution in [0.15, 0.2) is 0 Å². The zero-order valence-corrected chi connectivity index (χ0v) is 9.63. The first-order valence-electron chi connectivity index (χ1n) is 5.12. The number of hydrogen-bond donors (Lipinski definition) is 1. The molecule has 1 rings (SSSR count). The summed E-state index contributed by atoms with van der Waals surface area (Å²) in [6, 6.07) is 1.95. The summed E-state index contributed by atoms with van der Waals surface area (Å²) in [5.74, 6) is -0.609. The standard InChI is InChI=1S/C11H17NO3/c1-5-6-11(7-12)8(13)15-9(2,3)10(11,4)14/h14H,5-6H2,1-4H3. The van der Waals surface area contributed by atoms with Gasteiger partial charge in [0.1, 0.15) is 11.2 Å². The van der Waals surface area contributed by atoms with Gasteiger partial charge in [0.25, 0.3) is 0 Å². The van der Waals surface area contributed by atoms with Crippen molar-refractivity contribution in [2.75, 3.05) is 0 Å². The largest absolute Gasteiger partial charge is 0.455 e. The maximum atomic E-state index is 11.7. The van der Waals surface area contributed by atoms with E-state index in [1.165, 1.54) is 6.92 Å². The maximum Gasteiger partial charge on any atom is 0.330 e. The van der Waals surface area contributed by atoms with Crippen molar-refractivity contribution in [3.8, 4) is 6.07 Å². The molecule has 1 heterocycles. The minimum atomic E-state index is -1.46. The van der Waals surface area contributed by atoms with Gasteiger partial charge in [0.05, 0.1) is 6.07 Å². The molecular weight excluding hydrogens is 194 g/mol. The third-order valence-electron chi connectivity index (χ3n) is 3.52. The molecule has 0 aromatic rings. The summed E-state index contributed by atoms with van der Waals surface area (Å²) in [6.45, 7) is 6.61. The molecule has 1 aliphatic heterocycles. The molecule has 1 N–H and O–H groups in total. The highest BCUT2D eigenvalue weighted by molar-refractivity contribution is 5.85. The van der Waals surface area contributed by atoms with Gasteiger partial charge in [-0.1, -0.05) is 13.3 Å². The Morgan fingerprint density at radius 1 is 1.47 bits per heavy atom. The molecule has 84 valence electrons. The summed E-state index contributed by atoms with van der Waals surface area (Å²) in [5, 5.41) is 19.5. The number of nitriles is 1. The first-order chi connectivity index (χ1) is 6.75. The van der Waals surface area contributed by atoms with Gasteiger partial charge in [0.2, 0.25) is 0 Å². The van der Waals surface area contributed by atoms with Crippen LogP contribution in [0.3, 0.4) is 0 Å². The summed E-state index contributed by atoms with van der Waals surface area (Å²) in [6.07, 6.45) is 0.966. The average Bonchev–Trinajstić information content (AvgIpc) is 2.23. The van der Waals surface area contributed by atoms with Crippen LogP contribution in [-0.2, 0) is 9.53 Å². The maximum absolute atomic E-state index is 11.7. The van der Waals surface area contributed by atoms with Gasteiger partial charge < -0.3 is 9.84 Å². The average molecular weight is 211 g/mol. The van der Waals surface area contributed by atoms with Crippen molar-refractivity contribution in [3.05, 3.63) is 0 Å². The molecular formula is C11H17NO3. The van der Waals surface area contributed by atoms with Crippen molar-refractivity contribution in [2.24, 2.45) is 5.41 Å². The molecule has 1 fully saturated rings. The predicted octanol–water partition coefficient (Wildman–Crippen LogP) is 1.38. The number of cyclic esters (lactones) is 1. The molecule has 1 saturated heterocycles. The lowest BCUT2D eigenvalue weighted by Gasteiger charge is -2.36. The van der Waals surface area contributed by atoms with Gasteiger partial charge >= 0.3 is 5.97 Å². The highest BCUT2D eigenvalue weighted by Gasteiger charge is 2.68. The van der Waals surface area contributed by atoms with E-state index in [0.717, 1.165) is 0 Å². The second kappa shape index (κ2) is 3.21. The minimum absolute atomic E-state index is 0.318. The third kappa shape index (κ3) is 1.26. The molecule has 0 aliphatic carbocycles. The highest BCUT2D eigenvalue weighted by Crippen LogP contribution is 2.51. The fraction of sp³-hybridized carbons (Fsp3) is 0.818. The van der Waals surface area contributed by atoms with Crippen LogP contribution in [0.4, 0.5) is 0 Å². The van der Waals surface area contributed by atoms with E-state index < -0.39 is 22.6 Å². The molecule has 4 nitrogen and oxygen atoms in total. The van der Waals surface area contributed by atoms with Gasteiger partial charge in [-0.25, -0.2) is 0 Å². The molecule has 1 aliphatic rings. The van der Waals surface area contributed by atoms with E-state index in [9.17, 15) is 15.2 Å². The number of esters is 1. The van der Waals surface area contributed by atoms with Crippen molar-refractivity contribution >= 4 is 5.97 Å². The van der Waals surface area contributed by atoms with Gasteiger partial charge in [-0.15, -0.1) is 0 Å². The smallest absolute Gasteiger partial charge is 0.330 e. The summed E-state index contributed by atoms with van der Waals surface area (Å²) in [5.41, 5.74) is -3.90. The molecule has 15 heavy (non-hydrogen) atoms. The Balaban J connectivity index is 3.29. The Bertz CT molecular complexity index is 327. The van der Waals surface area contributed by atoms with Gasteiger partial charge in [0.15, 0.2) is 5.41 Å².